The smallest absolute Gasteiger partial charge is 0.333 e. The van der Waals surface area contributed by atoms with Gasteiger partial charge in [0, 0.05) is 12.3 Å². The molecule has 1 aromatic carbocycles. The van der Waals surface area contributed by atoms with E-state index in [4.69, 9.17) is 4.74 Å². The van der Waals surface area contributed by atoms with Crippen molar-refractivity contribution >= 4 is 0 Å². The maximum Gasteiger partial charge on any atom is 0.333 e. The Balaban J connectivity index is 1.74. The van der Waals surface area contributed by atoms with Crippen LogP contribution in [0.2, 0.25) is 0 Å². The van der Waals surface area contributed by atoms with Crippen LogP contribution in [0.1, 0.15) is 5.56 Å². The van der Waals surface area contributed by atoms with E-state index in [2.05, 4.69) is 15.0 Å². The third-order valence-electron chi connectivity index (χ3n) is 2.97. The lowest BCUT2D eigenvalue weighted by Gasteiger charge is -2.06. The van der Waals surface area contributed by atoms with Crippen LogP contribution in [0.25, 0.3) is 5.69 Å². The minimum atomic E-state index is -0.588. The summed E-state index contributed by atoms with van der Waals surface area (Å²) >= 11 is 0. The van der Waals surface area contributed by atoms with Gasteiger partial charge in [-0.2, -0.15) is 0 Å². The van der Waals surface area contributed by atoms with E-state index >= 15 is 0 Å². The summed E-state index contributed by atoms with van der Waals surface area (Å²) in [5.74, 6) is -0.347. The van der Waals surface area contributed by atoms with Crippen LogP contribution in [-0.2, 0) is 6.61 Å². The molecule has 8 heteroatoms. The van der Waals surface area contributed by atoms with Gasteiger partial charge < -0.3 is 4.74 Å². The fourth-order valence-corrected chi connectivity index (χ4v) is 1.90. The largest absolute Gasteiger partial charge is 0.459 e. The average Bonchev–Trinajstić information content (AvgIpc) is 2.54. The summed E-state index contributed by atoms with van der Waals surface area (Å²) in [7, 11) is 0. The summed E-state index contributed by atoms with van der Waals surface area (Å²) in [5, 5.41) is 0. The molecule has 0 bridgehead atoms. The van der Waals surface area contributed by atoms with E-state index in [-0.39, 0.29) is 18.4 Å². The lowest BCUT2D eigenvalue weighted by atomic mass is 10.2. The van der Waals surface area contributed by atoms with Crippen molar-refractivity contribution in [2.45, 2.75) is 6.61 Å². The highest BCUT2D eigenvalue weighted by atomic mass is 19.1. The van der Waals surface area contributed by atoms with Gasteiger partial charge in [-0.15, -0.1) is 0 Å². The summed E-state index contributed by atoms with van der Waals surface area (Å²) in [4.78, 5) is 32.8. The normalized spacial score (nSPS) is 10.5. The SMILES string of the molecule is O=c1ccn(-c2cnc(OCc3cccc(F)c3)nc2)c(=O)[nH]1. The molecular weight excluding hydrogens is 303 g/mol. The molecule has 0 aliphatic heterocycles. The Morgan fingerprint density at radius 3 is 2.65 bits per heavy atom. The fourth-order valence-electron chi connectivity index (χ4n) is 1.90. The number of H-pyrrole nitrogens is 1. The average molecular weight is 314 g/mol. The number of hydrogen-bond donors (Lipinski definition) is 1. The van der Waals surface area contributed by atoms with Gasteiger partial charge in [-0.05, 0) is 17.7 Å². The van der Waals surface area contributed by atoms with E-state index in [0.717, 1.165) is 0 Å². The highest BCUT2D eigenvalue weighted by molar-refractivity contribution is 5.25. The summed E-state index contributed by atoms with van der Waals surface area (Å²) in [5.41, 5.74) is -0.0457. The van der Waals surface area contributed by atoms with Gasteiger partial charge in [-0.3, -0.25) is 14.3 Å². The number of benzene rings is 1. The van der Waals surface area contributed by atoms with Gasteiger partial charge in [-0.25, -0.2) is 19.2 Å². The van der Waals surface area contributed by atoms with Crippen LogP contribution in [0.15, 0.2) is 58.5 Å². The third kappa shape index (κ3) is 3.49. The zero-order valence-corrected chi connectivity index (χ0v) is 11.8. The molecule has 0 amide bonds. The molecule has 0 atom stereocenters. The summed E-state index contributed by atoms with van der Waals surface area (Å²) in [6, 6.07) is 7.31. The van der Waals surface area contributed by atoms with Crippen LogP contribution >= 0.6 is 0 Å². The second-order valence-electron chi connectivity index (χ2n) is 4.62. The van der Waals surface area contributed by atoms with Crippen LogP contribution < -0.4 is 16.0 Å². The van der Waals surface area contributed by atoms with Crippen molar-refractivity contribution in [2.24, 2.45) is 0 Å². The monoisotopic (exact) mass is 314 g/mol. The number of nitrogens with zero attached hydrogens (tertiary/aromatic N) is 3. The molecule has 1 N–H and O–H groups in total. The molecule has 2 aromatic heterocycles. The van der Waals surface area contributed by atoms with Crippen LogP contribution in [0.3, 0.4) is 0 Å². The molecule has 0 aliphatic rings. The van der Waals surface area contributed by atoms with Crippen LogP contribution in [0.5, 0.6) is 6.01 Å². The predicted molar refractivity (Wildman–Crippen MR) is 79.0 cm³/mol. The quantitative estimate of drug-likeness (QED) is 0.777. The molecule has 7 nitrogen and oxygen atoms in total. The predicted octanol–water partition coefficient (Wildman–Crippen LogP) is 1.03. The van der Waals surface area contributed by atoms with Crippen LogP contribution in [-0.4, -0.2) is 19.5 Å². The lowest BCUT2D eigenvalue weighted by molar-refractivity contribution is 0.280. The molecule has 0 radical (unpaired) electrons. The Morgan fingerprint density at radius 2 is 1.96 bits per heavy atom. The lowest BCUT2D eigenvalue weighted by Crippen LogP contribution is -2.27. The van der Waals surface area contributed by atoms with E-state index in [0.29, 0.717) is 11.3 Å². The topological polar surface area (TPSA) is 89.9 Å². The van der Waals surface area contributed by atoms with Crippen molar-refractivity contribution in [1.82, 2.24) is 19.5 Å². The third-order valence-corrected chi connectivity index (χ3v) is 2.97. The van der Waals surface area contributed by atoms with Crippen LogP contribution in [0, 0.1) is 5.82 Å². The summed E-state index contributed by atoms with van der Waals surface area (Å²) < 4.78 is 19.6. The molecule has 3 aromatic rings. The Labute approximate surface area is 129 Å². The standard InChI is InChI=1S/C15H11FN4O3/c16-11-3-1-2-10(6-11)9-23-14-17-7-12(8-18-14)20-5-4-13(21)19-15(20)22/h1-8H,9H2,(H,19,21,22). The van der Waals surface area contributed by atoms with Gasteiger partial charge in [0.2, 0.25) is 0 Å². The van der Waals surface area contributed by atoms with Crippen LogP contribution in [0.4, 0.5) is 4.39 Å². The molecule has 0 unspecified atom stereocenters. The number of nitrogens with one attached hydrogen (secondary N) is 1. The van der Waals surface area contributed by atoms with Gasteiger partial charge in [0.1, 0.15) is 12.4 Å². The molecule has 0 fully saturated rings. The van der Waals surface area contributed by atoms with E-state index < -0.39 is 11.2 Å². The first-order chi connectivity index (χ1) is 11.1. The zero-order chi connectivity index (χ0) is 16.2. The first kappa shape index (κ1) is 14.6. The van der Waals surface area contributed by atoms with E-state index in [9.17, 15) is 14.0 Å². The Bertz CT molecular complexity index is 934. The number of rotatable bonds is 4. The number of halogens is 1. The molecule has 23 heavy (non-hydrogen) atoms. The van der Waals surface area contributed by atoms with Crippen molar-refractivity contribution in [1.29, 1.82) is 0 Å². The molecule has 0 spiro atoms. The Morgan fingerprint density at radius 1 is 1.17 bits per heavy atom. The van der Waals surface area contributed by atoms with E-state index in [1.54, 1.807) is 12.1 Å². The van der Waals surface area contributed by atoms with E-state index in [1.807, 2.05) is 0 Å². The van der Waals surface area contributed by atoms with Gasteiger partial charge >= 0.3 is 11.7 Å². The van der Waals surface area contributed by atoms with Gasteiger partial charge in [0.05, 0.1) is 18.1 Å². The first-order valence-electron chi connectivity index (χ1n) is 6.63. The number of aromatic nitrogens is 4. The molecular formula is C15H11FN4O3. The van der Waals surface area contributed by atoms with Gasteiger partial charge in [0.15, 0.2) is 0 Å². The molecule has 2 heterocycles. The van der Waals surface area contributed by atoms with Crippen molar-refractivity contribution in [3.05, 3.63) is 81.1 Å². The Kier molecular flexibility index (Phi) is 3.96. The molecule has 0 saturated heterocycles. The second kappa shape index (κ2) is 6.22. The summed E-state index contributed by atoms with van der Waals surface area (Å²) in [6.45, 7) is 0.121. The van der Waals surface area contributed by atoms with E-state index in [1.165, 1.54) is 41.4 Å². The Hall–Kier alpha value is -3.29. The molecule has 0 aliphatic carbocycles. The number of hydrogen-bond acceptors (Lipinski definition) is 5. The number of ether oxygens (including phenoxy) is 1. The summed E-state index contributed by atoms with van der Waals surface area (Å²) in [6.07, 6.45) is 4.09. The zero-order valence-electron chi connectivity index (χ0n) is 11.8. The van der Waals surface area contributed by atoms with Crippen molar-refractivity contribution in [2.75, 3.05) is 0 Å². The highest BCUT2D eigenvalue weighted by Gasteiger charge is 2.04. The molecule has 116 valence electrons. The van der Waals surface area contributed by atoms with Gasteiger partial charge in [-0.1, -0.05) is 12.1 Å². The number of aromatic amines is 1. The van der Waals surface area contributed by atoms with Gasteiger partial charge in [0.25, 0.3) is 5.56 Å². The maximum absolute atomic E-state index is 13.1. The van der Waals surface area contributed by atoms with Crippen molar-refractivity contribution < 1.29 is 9.13 Å². The maximum atomic E-state index is 13.1. The van der Waals surface area contributed by atoms with Crippen molar-refractivity contribution in [3.63, 3.8) is 0 Å². The fraction of sp³-hybridized carbons (Fsp3) is 0.0667. The molecule has 3 rings (SSSR count). The highest BCUT2D eigenvalue weighted by Crippen LogP contribution is 2.09. The minimum absolute atomic E-state index is 0.0930. The molecule has 0 saturated carbocycles. The van der Waals surface area contributed by atoms with Crippen molar-refractivity contribution in [3.8, 4) is 11.7 Å². The second-order valence-corrected chi connectivity index (χ2v) is 4.62. The minimum Gasteiger partial charge on any atom is -0.459 e. The first-order valence-corrected chi connectivity index (χ1v) is 6.63.